The van der Waals surface area contributed by atoms with Gasteiger partial charge < -0.3 is 31.5 Å². The highest BCUT2D eigenvalue weighted by atomic mass is 16.4. The van der Waals surface area contributed by atoms with Crippen molar-refractivity contribution in [2.24, 2.45) is 23.2 Å². The molecule has 6 N–H and O–H groups in total. The summed E-state index contributed by atoms with van der Waals surface area (Å²) in [5.74, 6) is -2.21. The predicted molar refractivity (Wildman–Crippen MR) is 179 cm³/mol. The van der Waals surface area contributed by atoms with Crippen LogP contribution in [-0.4, -0.2) is 59.5 Å². The first-order chi connectivity index (χ1) is 23.0. The van der Waals surface area contributed by atoms with E-state index in [-0.39, 0.29) is 45.7 Å². The Balaban J connectivity index is 1.23. The summed E-state index contributed by atoms with van der Waals surface area (Å²) >= 11 is 0. The summed E-state index contributed by atoms with van der Waals surface area (Å²) in [6.07, 6.45) is 7.35. The highest BCUT2D eigenvalue weighted by molar-refractivity contribution is 6.09. The number of rotatable bonds is 12. The molecule has 48 heavy (non-hydrogen) atoms. The molecule has 0 aliphatic heterocycles. The van der Waals surface area contributed by atoms with E-state index in [1.807, 2.05) is 6.07 Å². The average molecular weight is 653 g/mol. The number of nitrogens with one attached hydrogen (secondary N) is 4. The molecule has 250 valence electrons. The van der Waals surface area contributed by atoms with E-state index < -0.39 is 29.8 Å². The van der Waals surface area contributed by atoms with Crippen molar-refractivity contribution in [1.29, 1.82) is 0 Å². The Kier molecular flexibility index (Phi) is 9.21. The van der Waals surface area contributed by atoms with Crippen LogP contribution in [0.15, 0.2) is 66.7 Å². The zero-order valence-electron chi connectivity index (χ0n) is 26.8. The van der Waals surface area contributed by atoms with Crippen LogP contribution in [0.5, 0.6) is 0 Å². The van der Waals surface area contributed by atoms with Crippen molar-refractivity contribution < 1.29 is 34.2 Å². The molecule has 0 saturated heterocycles. The van der Waals surface area contributed by atoms with Crippen LogP contribution < -0.4 is 21.3 Å². The van der Waals surface area contributed by atoms with Gasteiger partial charge in [0, 0.05) is 31.4 Å². The summed E-state index contributed by atoms with van der Waals surface area (Å²) in [6, 6.07) is 16.0. The monoisotopic (exact) mass is 652 g/mol. The number of carboxylic acids is 2. The van der Waals surface area contributed by atoms with Crippen molar-refractivity contribution in [3.05, 3.63) is 94.5 Å². The standard InChI is InChI=1S/C37H40N4O7/c1-38-27-7-8-29(30(16-27)32(42)39-20-37-17-22-9-23(18-37)11-24(10-22)19-37)33(43)41-31(12-21-5-3-2-4-6-21)34(44)40-28-14-25(35(45)46)13-26(15-28)36(47)48/h2-8,13-16,22-24,31,38H,9-12,17-20H2,1H3,(H,39,42)(H,40,44)(H,41,43)(H,45,46)(H,47,48). The van der Waals surface area contributed by atoms with Crippen LogP contribution in [0.25, 0.3) is 0 Å². The highest BCUT2D eigenvalue weighted by Gasteiger charge is 2.50. The van der Waals surface area contributed by atoms with E-state index in [1.54, 1.807) is 49.5 Å². The third-order valence-electron chi connectivity index (χ3n) is 10.2. The van der Waals surface area contributed by atoms with E-state index in [0.717, 1.165) is 60.8 Å². The van der Waals surface area contributed by atoms with E-state index in [2.05, 4.69) is 21.3 Å². The maximum Gasteiger partial charge on any atom is 0.335 e. The lowest BCUT2D eigenvalue weighted by Gasteiger charge is -2.56. The van der Waals surface area contributed by atoms with Crippen LogP contribution in [0.3, 0.4) is 0 Å². The molecule has 3 amide bonds. The van der Waals surface area contributed by atoms with Gasteiger partial charge in [0.25, 0.3) is 11.8 Å². The number of hydrogen-bond donors (Lipinski definition) is 6. The number of anilines is 2. The van der Waals surface area contributed by atoms with Gasteiger partial charge in [-0.2, -0.15) is 0 Å². The lowest BCUT2D eigenvalue weighted by molar-refractivity contribution is -0.118. The van der Waals surface area contributed by atoms with Gasteiger partial charge in [-0.1, -0.05) is 30.3 Å². The minimum atomic E-state index is -1.36. The molecule has 4 saturated carbocycles. The molecule has 3 aromatic rings. The molecule has 4 aliphatic rings. The molecule has 0 radical (unpaired) electrons. The Bertz CT molecular complexity index is 1690. The number of carboxylic acid groups (broad SMARTS) is 2. The molecule has 7 rings (SSSR count). The van der Waals surface area contributed by atoms with Gasteiger partial charge >= 0.3 is 11.9 Å². The fourth-order valence-electron chi connectivity index (χ4n) is 8.43. The van der Waals surface area contributed by atoms with Crippen LogP contribution in [0, 0.1) is 23.2 Å². The Labute approximate surface area is 278 Å². The number of carbonyl (C=O) groups excluding carboxylic acids is 3. The Hall–Kier alpha value is -5.19. The number of hydrogen-bond acceptors (Lipinski definition) is 6. The van der Waals surface area contributed by atoms with Crippen molar-refractivity contribution in [2.45, 2.75) is 51.0 Å². The SMILES string of the molecule is CNc1ccc(C(=O)NC(Cc2ccccc2)C(=O)Nc2cc(C(=O)O)cc(C(=O)O)c2)c(C(=O)NCC23CC4CC(CC(C4)C2)C3)c1. The minimum absolute atomic E-state index is 0.0484. The smallest absolute Gasteiger partial charge is 0.335 e. The van der Waals surface area contributed by atoms with Gasteiger partial charge in [-0.25, -0.2) is 9.59 Å². The van der Waals surface area contributed by atoms with Gasteiger partial charge in [-0.15, -0.1) is 0 Å². The average Bonchev–Trinajstić information content (AvgIpc) is 3.06. The van der Waals surface area contributed by atoms with Crippen molar-refractivity contribution >= 4 is 41.0 Å². The van der Waals surface area contributed by atoms with Crippen molar-refractivity contribution in [2.75, 3.05) is 24.2 Å². The summed E-state index contributed by atoms with van der Waals surface area (Å²) in [5, 5.41) is 30.5. The predicted octanol–water partition coefficient (Wildman–Crippen LogP) is 5.05. The molecule has 4 aliphatic carbocycles. The molecule has 11 nitrogen and oxygen atoms in total. The Morgan fingerprint density at radius 1 is 0.750 bits per heavy atom. The molecule has 0 heterocycles. The summed E-state index contributed by atoms with van der Waals surface area (Å²) in [6.45, 7) is 0.562. The summed E-state index contributed by atoms with van der Waals surface area (Å²) in [7, 11) is 1.72. The van der Waals surface area contributed by atoms with E-state index >= 15 is 0 Å². The molecule has 11 heteroatoms. The number of amides is 3. The van der Waals surface area contributed by atoms with Crippen molar-refractivity contribution in [3.63, 3.8) is 0 Å². The van der Waals surface area contributed by atoms with Crippen LogP contribution in [0.4, 0.5) is 11.4 Å². The topological polar surface area (TPSA) is 174 Å². The van der Waals surface area contributed by atoms with Gasteiger partial charge in [-0.3, -0.25) is 14.4 Å². The third kappa shape index (κ3) is 7.20. The number of benzene rings is 3. The first kappa shape index (κ1) is 32.7. The zero-order valence-corrected chi connectivity index (χ0v) is 26.8. The fourth-order valence-corrected chi connectivity index (χ4v) is 8.43. The number of carbonyl (C=O) groups is 5. The molecule has 0 aromatic heterocycles. The Morgan fingerprint density at radius 2 is 1.35 bits per heavy atom. The first-order valence-corrected chi connectivity index (χ1v) is 16.4. The van der Waals surface area contributed by atoms with Crippen LogP contribution in [0.1, 0.15) is 85.5 Å². The van der Waals surface area contributed by atoms with Crippen LogP contribution in [-0.2, 0) is 11.2 Å². The second-order valence-corrected chi connectivity index (χ2v) is 13.7. The third-order valence-corrected chi connectivity index (χ3v) is 10.2. The van der Waals surface area contributed by atoms with Gasteiger partial charge in [0.1, 0.15) is 6.04 Å². The van der Waals surface area contributed by atoms with E-state index in [4.69, 9.17) is 0 Å². The van der Waals surface area contributed by atoms with Crippen molar-refractivity contribution in [1.82, 2.24) is 10.6 Å². The van der Waals surface area contributed by atoms with Crippen molar-refractivity contribution in [3.8, 4) is 0 Å². The second-order valence-electron chi connectivity index (χ2n) is 13.7. The summed E-state index contributed by atoms with van der Waals surface area (Å²) < 4.78 is 0. The zero-order chi connectivity index (χ0) is 34.0. The van der Waals surface area contributed by atoms with Gasteiger partial charge in [-0.05, 0) is 104 Å². The quantitative estimate of drug-likeness (QED) is 0.158. The minimum Gasteiger partial charge on any atom is -0.478 e. The van der Waals surface area contributed by atoms with Crippen LogP contribution in [0.2, 0.25) is 0 Å². The lowest BCUT2D eigenvalue weighted by atomic mass is 9.49. The molecule has 1 atom stereocenters. The molecule has 4 fully saturated rings. The maximum atomic E-state index is 13.9. The maximum absolute atomic E-state index is 13.9. The molecule has 0 spiro atoms. The summed E-state index contributed by atoms with van der Waals surface area (Å²) in [5.41, 5.74) is 1.09. The highest BCUT2D eigenvalue weighted by Crippen LogP contribution is 2.59. The van der Waals surface area contributed by atoms with Gasteiger partial charge in [0.15, 0.2) is 0 Å². The fraction of sp³-hybridized carbons (Fsp3) is 0.378. The van der Waals surface area contributed by atoms with E-state index in [9.17, 15) is 34.2 Å². The molecule has 3 aromatic carbocycles. The van der Waals surface area contributed by atoms with Gasteiger partial charge in [0.2, 0.25) is 5.91 Å². The normalized spacial score (nSPS) is 22.7. The number of aromatic carboxylic acids is 2. The lowest BCUT2D eigenvalue weighted by Crippen LogP contribution is -2.51. The second kappa shape index (κ2) is 13.5. The Morgan fingerprint density at radius 3 is 1.92 bits per heavy atom. The molecule has 4 bridgehead atoms. The van der Waals surface area contributed by atoms with Gasteiger partial charge in [0.05, 0.1) is 22.3 Å². The van der Waals surface area contributed by atoms with Crippen LogP contribution >= 0.6 is 0 Å². The first-order valence-electron chi connectivity index (χ1n) is 16.4. The molecule has 1 unspecified atom stereocenters. The van der Waals surface area contributed by atoms with E-state index in [1.165, 1.54) is 19.3 Å². The molecular formula is C37H40N4O7. The van der Waals surface area contributed by atoms with E-state index in [0.29, 0.717) is 12.2 Å². The largest absolute Gasteiger partial charge is 0.478 e. The summed E-state index contributed by atoms with van der Waals surface area (Å²) in [4.78, 5) is 64.6. The molecular weight excluding hydrogens is 612 g/mol.